The summed E-state index contributed by atoms with van der Waals surface area (Å²) in [5.41, 5.74) is 1.47. The lowest BCUT2D eigenvalue weighted by molar-refractivity contribution is 0.585. The van der Waals surface area contributed by atoms with Gasteiger partial charge in [0.2, 0.25) is 10.0 Å². The van der Waals surface area contributed by atoms with E-state index in [-0.39, 0.29) is 9.79 Å². The van der Waals surface area contributed by atoms with Crippen LogP contribution in [0.2, 0.25) is 5.02 Å². The van der Waals surface area contributed by atoms with E-state index in [0.717, 1.165) is 12.0 Å². The van der Waals surface area contributed by atoms with Crippen LogP contribution < -0.4 is 9.44 Å². The van der Waals surface area contributed by atoms with Gasteiger partial charge in [-0.2, -0.15) is 0 Å². The van der Waals surface area contributed by atoms with Crippen molar-refractivity contribution in [1.29, 1.82) is 0 Å². The predicted octanol–water partition coefficient (Wildman–Crippen LogP) is 2.13. The average Bonchev–Trinajstić information content (AvgIpc) is 2.53. The lowest BCUT2D eigenvalue weighted by Crippen LogP contribution is -2.35. The third-order valence-electron chi connectivity index (χ3n) is 3.86. The summed E-state index contributed by atoms with van der Waals surface area (Å²) in [6.07, 6.45) is 1.44. The van der Waals surface area contributed by atoms with Crippen LogP contribution >= 0.6 is 11.6 Å². The summed E-state index contributed by atoms with van der Waals surface area (Å²) < 4.78 is 49.7. The molecule has 0 unspecified atom stereocenters. The molecule has 24 heavy (non-hydrogen) atoms. The Bertz CT molecular complexity index is 987. The molecule has 0 aromatic heterocycles. The van der Waals surface area contributed by atoms with Crippen LogP contribution in [0, 0.1) is 0 Å². The molecule has 2 aromatic carbocycles. The van der Waals surface area contributed by atoms with E-state index >= 15 is 0 Å². The first-order valence-electron chi connectivity index (χ1n) is 7.13. The smallest absolute Gasteiger partial charge is 0.264 e. The first kappa shape index (κ1) is 17.2. The van der Waals surface area contributed by atoms with Crippen molar-refractivity contribution in [2.45, 2.75) is 22.6 Å². The van der Waals surface area contributed by atoms with E-state index in [9.17, 15) is 16.8 Å². The monoisotopic (exact) mass is 386 g/mol. The van der Waals surface area contributed by atoms with Gasteiger partial charge < -0.3 is 0 Å². The number of nitrogens with zero attached hydrogens (tertiary/aromatic N) is 1. The quantitative estimate of drug-likeness (QED) is 0.873. The van der Waals surface area contributed by atoms with Crippen molar-refractivity contribution in [3.05, 3.63) is 53.1 Å². The van der Waals surface area contributed by atoms with Gasteiger partial charge in [0, 0.05) is 11.6 Å². The summed E-state index contributed by atoms with van der Waals surface area (Å²) >= 11 is 5.98. The Hall–Kier alpha value is -1.61. The van der Waals surface area contributed by atoms with Crippen LogP contribution in [0.25, 0.3) is 0 Å². The van der Waals surface area contributed by atoms with Gasteiger partial charge in [-0.1, -0.05) is 11.6 Å². The van der Waals surface area contributed by atoms with Crippen molar-refractivity contribution in [1.82, 2.24) is 0 Å². The molecule has 2 aromatic rings. The third kappa shape index (κ3) is 3.14. The molecule has 9 heteroatoms. The van der Waals surface area contributed by atoms with E-state index in [4.69, 9.17) is 16.7 Å². The number of fused-ring (bicyclic) bond motifs is 1. The Kier molecular flexibility index (Phi) is 4.33. The zero-order valence-electron chi connectivity index (χ0n) is 12.5. The molecular formula is C15H15ClN2O4S2. The fraction of sp³-hybridized carbons (Fsp3) is 0.200. The molecule has 0 fully saturated rings. The minimum Gasteiger partial charge on any atom is -0.266 e. The zero-order chi connectivity index (χ0) is 17.5. The molecule has 0 radical (unpaired) electrons. The van der Waals surface area contributed by atoms with Gasteiger partial charge in [-0.15, -0.1) is 0 Å². The summed E-state index contributed by atoms with van der Waals surface area (Å²) in [6, 6.07) is 9.98. The van der Waals surface area contributed by atoms with Gasteiger partial charge in [0.1, 0.15) is 0 Å². The molecule has 0 atom stereocenters. The highest BCUT2D eigenvalue weighted by atomic mass is 35.5. The fourth-order valence-electron chi connectivity index (χ4n) is 2.71. The molecule has 1 heterocycles. The second-order valence-electron chi connectivity index (χ2n) is 5.47. The number of aryl methyl sites for hydroxylation is 1. The number of anilines is 1. The number of sulfonamides is 2. The van der Waals surface area contributed by atoms with Crippen molar-refractivity contribution in [3.63, 3.8) is 0 Å². The minimum atomic E-state index is -3.87. The van der Waals surface area contributed by atoms with Crippen LogP contribution in [0.4, 0.5) is 5.69 Å². The molecule has 0 bridgehead atoms. The summed E-state index contributed by atoms with van der Waals surface area (Å²) in [7, 11) is -7.66. The number of hydrogen-bond donors (Lipinski definition) is 1. The molecule has 1 aliphatic heterocycles. The van der Waals surface area contributed by atoms with Gasteiger partial charge in [-0.3, -0.25) is 4.31 Å². The maximum absolute atomic E-state index is 12.9. The van der Waals surface area contributed by atoms with E-state index in [2.05, 4.69) is 0 Å². The number of nitrogens with two attached hydrogens (primary N) is 1. The van der Waals surface area contributed by atoms with E-state index in [1.165, 1.54) is 28.6 Å². The molecule has 2 N–H and O–H groups in total. The standard InChI is InChI=1S/C15H15ClN2O4S2/c16-12-3-8-15-11(10-12)2-1-9-18(15)24(21,22)14-6-4-13(5-7-14)23(17,19)20/h3-8,10H,1-2,9H2,(H2,17,19,20). The molecule has 0 spiro atoms. The maximum atomic E-state index is 12.9. The fourth-order valence-corrected chi connectivity index (χ4v) is 4.96. The van der Waals surface area contributed by atoms with Gasteiger partial charge in [-0.25, -0.2) is 22.0 Å². The van der Waals surface area contributed by atoms with Crippen molar-refractivity contribution >= 4 is 37.3 Å². The normalized spacial score (nSPS) is 15.2. The number of hydrogen-bond acceptors (Lipinski definition) is 4. The number of halogens is 1. The van der Waals surface area contributed by atoms with Crippen LogP contribution in [0.5, 0.6) is 0 Å². The zero-order valence-corrected chi connectivity index (χ0v) is 14.9. The van der Waals surface area contributed by atoms with Crippen LogP contribution in [0.15, 0.2) is 52.3 Å². The Labute approximate surface area is 146 Å². The molecule has 0 aliphatic carbocycles. The average molecular weight is 387 g/mol. The van der Waals surface area contributed by atoms with Crippen molar-refractivity contribution in [2.75, 3.05) is 10.8 Å². The van der Waals surface area contributed by atoms with E-state index in [0.29, 0.717) is 23.7 Å². The molecule has 6 nitrogen and oxygen atoms in total. The third-order valence-corrected chi connectivity index (χ3v) is 6.85. The number of benzene rings is 2. The summed E-state index contributed by atoms with van der Waals surface area (Å²) in [5, 5.41) is 5.60. The van der Waals surface area contributed by atoms with E-state index < -0.39 is 20.0 Å². The highest BCUT2D eigenvalue weighted by Gasteiger charge is 2.29. The van der Waals surface area contributed by atoms with Gasteiger partial charge in [0.05, 0.1) is 15.5 Å². The van der Waals surface area contributed by atoms with Crippen LogP contribution in [-0.2, 0) is 26.5 Å². The maximum Gasteiger partial charge on any atom is 0.264 e. The van der Waals surface area contributed by atoms with Gasteiger partial charge in [0.25, 0.3) is 10.0 Å². The molecule has 0 amide bonds. The van der Waals surface area contributed by atoms with Crippen molar-refractivity contribution < 1.29 is 16.8 Å². The van der Waals surface area contributed by atoms with Crippen LogP contribution in [0.1, 0.15) is 12.0 Å². The first-order valence-corrected chi connectivity index (χ1v) is 10.5. The van der Waals surface area contributed by atoms with Gasteiger partial charge in [-0.05, 0) is 60.9 Å². The molecule has 3 rings (SSSR count). The predicted molar refractivity (Wildman–Crippen MR) is 92.1 cm³/mol. The molecule has 128 valence electrons. The van der Waals surface area contributed by atoms with Gasteiger partial charge in [0.15, 0.2) is 0 Å². The lowest BCUT2D eigenvalue weighted by atomic mass is 10.0. The van der Waals surface area contributed by atoms with Crippen molar-refractivity contribution in [3.8, 4) is 0 Å². The Morgan fingerprint density at radius 3 is 2.21 bits per heavy atom. The molecule has 1 aliphatic rings. The summed E-state index contributed by atoms with van der Waals surface area (Å²) in [5.74, 6) is 0. The topological polar surface area (TPSA) is 97.5 Å². The molecule has 0 saturated carbocycles. The largest absolute Gasteiger partial charge is 0.266 e. The van der Waals surface area contributed by atoms with Crippen molar-refractivity contribution in [2.24, 2.45) is 5.14 Å². The second kappa shape index (κ2) is 6.03. The number of primary sulfonamides is 1. The second-order valence-corrected chi connectivity index (χ2v) is 9.33. The Balaban J connectivity index is 2.03. The summed E-state index contributed by atoms with van der Waals surface area (Å²) in [4.78, 5) is -0.120. The highest BCUT2D eigenvalue weighted by molar-refractivity contribution is 7.92. The highest BCUT2D eigenvalue weighted by Crippen LogP contribution is 2.33. The number of rotatable bonds is 3. The Morgan fingerprint density at radius 1 is 0.958 bits per heavy atom. The van der Waals surface area contributed by atoms with Crippen LogP contribution in [-0.4, -0.2) is 23.4 Å². The SMILES string of the molecule is NS(=O)(=O)c1ccc(S(=O)(=O)N2CCCc3cc(Cl)ccc32)cc1. The van der Waals surface area contributed by atoms with E-state index in [1.54, 1.807) is 18.2 Å². The minimum absolute atomic E-state index is 0.0118. The Morgan fingerprint density at radius 2 is 1.58 bits per heavy atom. The first-order chi connectivity index (χ1) is 11.2. The lowest BCUT2D eigenvalue weighted by Gasteiger charge is -2.30. The van der Waals surface area contributed by atoms with Gasteiger partial charge >= 0.3 is 0 Å². The van der Waals surface area contributed by atoms with E-state index in [1.807, 2.05) is 0 Å². The summed E-state index contributed by atoms with van der Waals surface area (Å²) in [6.45, 7) is 0.355. The van der Waals surface area contributed by atoms with Crippen LogP contribution in [0.3, 0.4) is 0 Å². The molecular weight excluding hydrogens is 372 g/mol. The molecule has 0 saturated heterocycles.